The number of rotatable bonds is 4. The molecule has 2 heterocycles. The van der Waals surface area contributed by atoms with Crippen LogP contribution in [0, 0.1) is 0 Å². The molecule has 0 amide bonds. The summed E-state index contributed by atoms with van der Waals surface area (Å²) in [7, 11) is 0. The van der Waals surface area contributed by atoms with Gasteiger partial charge in [0.1, 0.15) is 5.35 Å². The first-order valence-electron chi connectivity index (χ1n) is 6.63. The third kappa shape index (κ3) is 3.03. The lowest BCUT2D eigenvalue weighted by Gasteiger charge is -2.10. The third-order valence-corrected chi connectivity index (χ3v) is 3.11. The van der Waals surface area contributed by atoms with Crippen LogP contribution < -0.4 is 21.8 Å². The van der Waals surface area contributed by atoms with Crippen LogP contribution in [0.1, 0.15) is 31.2 Å². The van der Waals surface area contributed by atoms with Crippen molar-refractivity contribution < 1.29 is 5.11 Å². The largest absolute Gasteiger partial charge is 0.395 e. The molecule has 0 aromatic carbocycles. The van der Waals surface area contributed by atoms with Crippen molar-refractivity contribution in [3.63, 3.8) is 0 Å². The van der Waals surface area contributed by atoms with Gasteiger partial charge in [0.25, 0.3) is 11.1 Å². The molecule has 3 N–H and O–H groups in total. The highest BCUT2D eigenvalue weighted by Gasteiger charge is 2.12. The Bertz CT molecular complexity index is 858. The number of H-pyrrole nitrogens is 2. The van der Waals surface area contributed by atoms with Crippen LogP contribution in [0.5, 0.6) is 0 Å². The van der Waals surface area contributed by atoms with Crippen LogP contribution in [-0.4, -0.2) is 31.2 Å². The van der Waals surface area contributed by atoms with E-state index in [1.165, 1.54) is 6.08 Å². The number of aliphatic hydroxyl groups excluding tert-OH is 1. The number of aromatic nitrogens is 4. The summed E-state index contributed by atoms with van der Waals surface area (Å²) in [5, 5.41) is 9.22. The molecule has 2 aromatic heterocycles. The molecule has 112 valence electrons. The Morgan fingerprint density at radius 1 is 1.38 bits per heavy atom. The van der Waals surface area contributed by atoms with E-state index in [0.29, 0.717) is 12.2 Å². The molecule has 0 aliphatic carbocycles. The Hall–Kier alpha value is -2.41. The minimum Gasteiger partial charge on any atom is -0.395 e. The number of imidazole rings is 1. The first kappa shape index (κ1) is 15.0. The second kappa shape index (κ2) is 5.92. The van der Waals surface area contributed by atoms with Gasteiger partial charge in [0.2, 0.25) is 0 Å². The van der Waals surface area contributed by atoms with Crippen LogP contribution in [0.25, 0.3) is 12.7 Å². The molecule has 7 heteroatoms. The average Bonchev–Trinajstić information content (AvgIpc) is 2.79. The highest BCUT2D eigenvalue weighted by molar-refractivity contribution is 5.47. The summed E-state index contributed by atoms with van der Waals surface area (Å²) in [6.45, 7) is 7.86. The number of nitrogens with zero attached hydrogens (tertiary/aromatic N) is 2. The van der Waals surface area contributed by atoms with Crippen molar-refractivity contribution in [1.82, 2.24) is 19.5 Å². The molecule has 0 spiro atoms. The van der Waals surface area contributed by atoms with Gasteiger partial charge in [-0.05, 0) is 12.0 Å². The van der Waals surface area contributed by atoms with Crippen molar-refractivity contribution in [3.8, 4) is 0 Å². The first-order chi connectivity index (χ1) is 9.93. The molecule has 0 saturated heterocycles. The molecule has 0 aliphatic heterocycles. The quantitative estimate of drug-likeness (QED) is 0.645. The summed E-state index contributed by atoms with van der Waals surface area (Å²) in [6.07, 6.45) is 3.14. The fraction of sp³-hybridized carbons (Fsp3) is 0.357. The molecular weight excluding hydrogens is 272 g/mol. The van der Waals surface area contributed by atoms with Gasteiger partial charge < -0.3 is 19.6 Å². The van der Waals surface area contributed by atoms with Gasteiger partial charge in [0, 0.05) is 12.2 Å². The standard InChI is InChI=1S/C14H18N4O3/c1-8(2)12-10(15-7-18(12)4-5-19)6-11-14(21)16-9(3)13(20)17-11/h6-8,19H,3-5H2,1-2H3,(H,16,21)(H,17,20). The summed E-state index contributed by atoms with van der Waals surface area (Å²) in [5.41, 5.74) is 0.618. The number of nitrogens with one attached hydrogen (secondary N) is 2. The van der Waals surface area contributed by atoms with Gasteiger partial charge in [-0.3, -0.25) is 9.59 Å². The van der Waals surface area contributed by atoms with E-state index in [1.54, 1.807) is 6.33 Å². The monoisotopic (exact) mass is 290 g/mol. The number of aliphatic hydroxyl groups is 1. The van der Waals surface area contributed by atoms with E-state index in [1.807, 2.05) is 18.4 Å². The fourth-order valence-corrected chi connectivity index (χ4v) is 2.19. The summed E-state index contributed by atoms with van der Waals surface area (Å²) < 4.78 is 1.83. The van der Waals surface area contributed by atoms with Crippen LogP contribution in [-0.2, 0) is 6.54 Å². The highest BCUT2D eigenvalue weighted by atomic mass is 16.3. The molecule has 0 aliphatic rings. The lowest BCUT2D eigenvalue weighted by atomic mass is 10.1. The topological polar surface area (TPSA) is 104 Å². The molecule has 0 bridgehead atoms. The van der Waals surface area contributed by atoms with E-state index in [-0.39, 0.29) is 23.2 Å². The molecule has 21 heavy (non-hydrogen) atoms. The zero-order valence-electron chi connectivity index (χ0n) is 12.0. The average molecular weight is 290 g/mol. The Kier molecular flexibility index (Phi) is 4.23. The zero-order valence-corrected chi connectivity index (χ0v) is 12.0. The molecule has 0 fully saturated rings. The van der Waals surface area contributed by atoms with Crippen molar-refractivity contribution in [1.29, 1.82) is 0 Å². The van der Waals surface area contributed by atoms with Gasteiger partial charge in [0.05, 0.1) is 24.0 Å². The van der Waals surface area contributed by atoms with Gasteiger partial charge in [0.15, 0.2) is 0 Å². The SMILES string of the molecule is C=c1[nH]c(=O)c(=Cc2ncn(CCO)c2C(C)C)[nH]c1=O. The van der Waals surface area contributed by atoms with Crippen molar-refractivity contribution >= 4 is 12.7 Å². The van der Waals surface area contributed by atoms with Crippen LogP contribution in [0.15, 0.2) is 15.9 Å². The molecule has 7 nitrogen and oxygen atoms in total. The Labute approximate surface area is 120 Å². The molecule has 2 rings (SSSR count). The predicted octanol–water partition coefficient (Wildman–Crippen LogP) is -1.39. The van der Waals surface area contributed by atoms with E-state index in [9.17, 15) is 9.59 Å². The van der Waals surface area contributed by atoms with E-state index in [0.717, 1.165) is 5.69 Å². The van der Waals surface area contributed by atoms with Gasteiger partial charge in [-0.2, -0.15) is 0 Å². The maximum absolute atomic E-state index is 11.8. The van der Waals surface area contributed by atoms with Crippen molar-refractivity contribution in [3.05, 3.63) is 49.1 Å². The van der Waals surface area contributed by atoms with Crippen LogP contribution in [0.3, 0.4) is 0 Å². The maximum Gasteiger partial charge on any atom is 0.272 e. The van der Waals surface area contributed by atoms with Crippen LogP contribution >= 0.6 is 0 Å². The van der Waals surface area contributed by atoms with Crippen LogP contribution in [0.4, 0.5) is 0 Å². The normalized spacial score (nSPS) is 12.3. The molecular formula is C14H18N4O3. The molecule has 0 atom stereocenters. The van der Waals surface area contributed by atoms with E-state index >= 15 is 0 Å². The Morgan fingerprint density at radius 3 is 2.71 bits per heavy atom. The van der Waals surface area contributed by atoms with Gasteiger partial charge in [-0.1, -0.05) is 20.4 Å². The second-order valence-corrected chi connectivity index (χ2v) is 5.03. The van der Waals surface area contributed by atoms with E-state index in [2.05, 4.69) is 21.5 Å². The van der Waals surface area contributed by atoms with E-state index in [4.69, 9.17) is 5.11 Å². The fourth-order valence-electron chi connectivity index (χ4n) is 2.19. The predicted molar refractivity (Wildman–Crippen MR) is 79.4 cm³/mol. The minimum absolute atomic E-state index is 0.00311. The molecule has 0 saturated carbocycles. The lowest BCUT2D eigenvalue weighted by molar-refractivity contribution is 0.274. The lowest BCUT2D eigenvalue weighted by Crippen LogP contribution is -2.46. The minimum atomic E-state index is -0.443. The van der Waals surface area contributed by atoms with Crippen LogP contribution in [0.2, 0.25) is 0 Å². The Morgan fingerprint density at radius 2 is 2.10 bits per heavy atom. The third-order valence-electron chi connectivity index (χ3n) is 3.11. The van der Waals surface area contributed by atoms with Gasteiger partial charge >= 0.3 is 0 Å². The van der Waals surface area contributed by atoms with E-state index < -0.39 is 11.1 Å². The molecule has 0 unspecified atom stereocenters. The summed E-state index contributed by atoms with van der Waals surface area (Å²) in [4.78, 5) is 32.5. The highest BCUT2D eigenvalue weighted by Crippen LogP contribution is 2.19. The number of hydrogen-bond acceptors (Lipinski definition) is 4. The molecule has 0 radical (unpaired) electrons. The van der Waals surface area contributed by atoms with Gasteiger partial charge in [-0.25, -0.2) is 4.98 Å². The number of hydrogen-bond donors (Lipinski definition) is 3. The maximum atomic E-state index is 11.8. The first-order valence-corrected chi connectivity index (χ1v) is 6.63. The molecule has 2 aromatic rings. The Balaban J connectivity index is 2.66. The van der Waals surface area contributed by atoms with Gasteiger partial charge in [-0.15, -0.1) is 0 Å². The smallest absolute Gasteiger partial charge is 0.272 e. The zero-order chi connectivity index (χ0) is 15.6. The summed E-state index contributed by atoms with van der Waals surface area (Å²) >= 11 is 0. The van der Waals surface area contributed by atoms with Crippen molar-refractivity contribution in [2.75, 3.05) is 6.61 Å². The van der Waals surface area contributed by atoms with Crippen molar-refractivity contribution in [2.24, 2.45) is 0 Å². The second-order valence-electron chi connectivity index (χ2n) is 5.03. The summed E-state index contributed by atoms with van der Waals surface area (Å²) in [5.74, 6) is 0.156. The summed E-state index contributed by atoms with van der Waals surface area (Å²) in [6, 6.07) is 0. The number of aromatic amines is 2. The van der Waals surface area contributed by atoms with Crippen molar-refractivity contribution in [2.45, 2.75) is 26.3 Å².